The molecule has 0 heterocycles. The van der Waals surface area contributed by atoms with Crippen LogP contribution in [0, 0.1) is 34.5 Å². The summed E-state index contributed by atoms with van der Waals surface area (Å²) in [5.74, 6) is 2.44. The molecule has 4 aliphatic rings. The first-order chi connectivity index (χ1) is 10.5. The number of hydrogen-bond acceptors (Lipinski definition) is 2. The summed E-state index contributed by atoms with van der Waals surface area (Å²) in [5, 5.41) is 20.9. The van der Waals surface area contributed by atoms with E-state index in [1.165, 1.54) is 44.1 Å². The summed E-state index contributed by atoms with van der Waals surface area (Å²) in [7, 11) is 0. The molecule has 124 valence electrons. The largest absolute Gasteiger partial charge is 0.395 e. The molecule has 0 aliphatic heterocycles. The van der Waals surface area contributed by atoms with Gasteiger partial charge in [0.25, 0.3) is 0 Å². The van der Waals surface area contributed by atoms with Gasteiger partial charge in [-0.25, -0.2) is 0 Å². The molecule has 0 spiro atoms. The third kappa shape index (κ3) is 1.80. The smallest absolute Gasteiger partial charge is 0.0609 e. The van der Waals surface area contributed by atoms with Crippen LogP contribution >= 0.6 is 0 Å². The van der Waals surface area contributed by atoms with Crippen LogP contribution in [0.5, 0.6) is 0 Å². The average Bonchev–Trinajstić information content (AvgIpc) is 2.92. The first-order valence-corrected chi connectivity index (χ1v) is 9.51. The minimum Gasteiger partial charge on any atom is -0.395 e. The lowest BCUT2D eigenvalue weighted by Gasteiger charge is -2.60. The van der Waals surface area contributed by atoms with Crippen molar-refractivity contribution in [2.75, 3.05) is 6.61 Å². The summed E-state index contributed by atoms with van der Waals surface area (Å²) >= 11 is 0. The molecule has 0 bridgehead atoms. The molecule has 0 aromatic rings. The van der Waals surface area contributed by atoms with E-state index in [0.717, 1.165) is 24.7 Å². The van der Waals surface area contributed by atoms with Crippen LogP contribution in [0.1, 0.15) is 65.2 Å². The van der Waals surface area contributed by atoms with Crippen molar-refractivity contribution in [3.63, 3.8) is 0 Å². The quantitative estimate of drug-likeness (QED) is 0.721. The van der Waals surface area contributed by atoms with E-state index in [-0.39, 0.29) is 24.0 Å². The zero-order valence-electron chi connectivity index (χ0n) is 14.2. The van der Waals surface area contributed by atoms with Gasteiger partial charge in [-0.15, -0.1) is 0 Å². The van der Waals surface area contributed by atoms with E-state index < -0.39 is 0 Å². The molecule has 0 amide bonds. The van der Waals surface area contributed by atoms with Gasteiger partial charge < -0.3 is 10.2 Å². The lowest BCUT2D eigenvalue weighted by Crippen LogP contribution is -2.56. The topological polar surface area (TPSA) is 40.5 Å². The van der Waals surface area contributed by atoms with Crippen molar-refractivity contribution in [3.8, 4) is 0 Å². The van der Waals surface area contributed by atoms with E-state index in [9.17, 15) is 10.2 Å². The molecule has 3 fully saturated rings. The van der Waals surface area contributed by atoms with E-state index >= 15 is 0 Å². The van der Waals surface area contributed by atoms with Gasteiger partial charge in [-0.1, -0.05) is 31.9 Å². The van der Waals surface area contributed by atoms with Crippen LogP contribution in [-0.4, -0.2) is 22.9 Å². The standard InChI is InChI=1S/C20H32O2/c1-13-18(22)8-6-14-5-7-15-16-4-3-10-19(16,2)11-9-17(15)20(13,14)12-21/h6,13,15-18,21-22H,3-5,7-12H2,1-2H3/t13?,15-,16-,17+,18?,19-,20-/m0/s1. The number of aliphatic hydroxyl groups is 2. The van der Waals surface area contributed by atoms with Gasteiger partial charge in [-0.3, -0.25) is 0 Å². The van der Waals surface area contributed by atoms with Crippen LogP contribution in [0.3, 0.4) is 0 Å². The van der Waals surface area contributed by atoms with E-state index in [0.29, 0.717) is 11.3 Å². The van der Waals surface area contributed by atoms with E-state index in [1.807, 2.05) is 0 Å². The molecular weight excluding hydrogens is 272 g/mol. The highest BCUT2D eigenvalue weighted by molar-refractivity contribution is 5.27. The molecule has 22 heavy (non-hydrogen) atoms. The zero-order chi connectivity index (χ0) is 15.5. The lowest BCUT2D eigenvalue weighted by molar-refractivity contribution is -0.109. The lowest BCUT2D eigenvalue weighted by atomic mass is 9.45. The molecule has 2 nitrogen and oxygen atoms in total. The Morgan fingerprint density at radius 1 is 1.18 bits per heavy atom. The second-order valence-corrected chi connectivity index (χ2v) is 9.02. The number of rotatable bonds is 1. The number of hydrogen-bond donors (Lipinski definition) is 2. The molecular formula is C20H32O2. The fraction of sp³-hybridized carbons (Fsp3) is 0.900. The Balaban J connectivity index is 1.75. The minimum atomic E-state index is -0.272. The molecule has 4 aliphatic carbocycles. The van der Waals surface area contributed by atoms with Crippen molar-refractivity contribution >= 4 is 0 Å². The van der Waals surface area contributed by atoms with Gasteiger partial charge in [0.1, 0.15) is 0 Å². The van der Waals surface area contributed by atoms with E-state index in [1.54, 1.807) is 0 Å². The van der Waals surface area contributed by atoms with Gasteiger partial charge in [0.15, 0.2) is 0 Å². The van der Waals surface area contributed by atoms with Crippen LogP contribution in [0.15, 0.2) is 11.6 Å². The number of aliphatic hydroxyl groups excluding tert-OH is 2. The van der Waals surface area contributed by atoms with Crippen LogP contribution in [0.25, 0.3) is 0 Å². The number of fused-ring (bicyclic) bond motifs is 5. The van der Waals surface area contributed by atoms with Crippen molar-refractivity contribution in [2.45, 2.75) is 71.3 Å². The van der Waals surface area contributed by atoms with Crippen molar-refractivity contribution in [3.05, 3.63) is 11.6 Å². The highest BCUT2D eigenvalue weighted by atomic mass is 16.3. The summed E-state index contributed by atoms with van der Waals surface area (Å²) in [6, 6.07) is 0. The zero-order valence-corrected chi connectivity index (χ0v) is 14.2. The van der Waals surface area contributed by atoms with Gasteiger partial charge in [0.2, 0.25) is 0 Å². The summed E-state index contributed by atoms with van der Waals surface area (Å²) in [6.45, 7) is 4.96. The van der Waals surface area contributed by atoms with Crippen LogP contribution in [0.2, 0.25) is 0 Å². The predicted octanol–water partition coefficient (Wildman–Crippen LogP) is 3.92. The first-order valence-electron chi connectivity index (χ1n) is 9.51. The Labute approximate surface area is 135 Å². The molecule has 2 unspecified atom stereocenters. The van der Waals surface area contributed by atoms with Crippen LogP contribution < -0.4 is 0 Å². The molecule has 7 atom stereocenters. The van der Waals surface area contributed by atoms with Crippen molar-refractivity contribution in [1.29, 1.82) is 0 Å². The van der Waals surface area contributed by atoms with Gasteiger partial charge in [0, 0.05) is 5.41 Å². The Hall–Kier alpha value is -0.340. The predicted molar refractivity (Wildman–Crippen MR) is 88.3 cm³/mol. The summed E-state index contributed by atoms with van der Waals surface area (Å²) in [4.78, 5) is 0. The maximum absolute atomic E-state index is 10.5. The van der Waals surface area contributed by atoms with Gasteiger partial charge in [0.05, 0.1) is 12.7 Å². The second-order valence-electron chi connectivity index (χ2n) is 9.02. The maximum atomic E-state index is 10.5. The molecule has 0 radical (unpaired) electrons. The van der Waals surface area contributed by atoms with E-state index in [2.05, 4.69) is 19.9 Å². The fourth-order valence-electron chi connectivity index (χ4n) is 7.21. The molecule has 3 saturated carbocycles. The normalized spacial score (nSPS) is 54.2. The SMILES string of the molecule is CC1C(O)CC=C2CC[C@@H]3[C@@H](CC[C@]4(C)CCC[C@@H]34)[C@]21CO. The molecule has 0 saturated heterocycles. The molecule has 0 aromatic heterocycles. The molecule has 4 rings (SSSR count). The Bertz CT molecular complexity index is 484. The van der Waals surface area contributed by atoms with Crippen LogP contribution in [0.4, 0.5) is 0 Å². The third-order valence-corrected chi connectivity index (χ3v) is 8.48. The summed E-state index contributed by atoms with van der Waals surface area (Å²) in [6.07, 6.45) is 12.1. The second kappa shape index (κ2) is 5.08. The monoisotopic (exact) mass is 304 g/mol. The highest BCUT2D eigenvalue weighted by Gasteiger charge is 2.60. The first kappa shape index (κ1) is 15.2. The van der Waals surface area contributed by atoms with Crippen molar-refractivity contribution in [2.24, 2.45) is 34.5 Å². The summed E-state index contributed by atoms with van der Waals surface area (Å²) in [5.41, 5.74) is 1.93. The van der Waals surface area contributed by atoms with Crippen molar-refractivity contribution in [1.82, 2.24) is 0 Å². The molecule has 2 N–H and O–H groups in total. The van der Waals surface area contributed by atoms with Crippen molar-refractivity contribution < 1.29 is 10.2 Å². The molecule has 2 heteroatoms. The van der Waals surface area contributed by atoms with Gasteiger partial charge in [-0.05, 0) is 74.0 Å². The molecule has 0 aromatic carbocycles. The Kier molecular flexibility index (Phi) is 3.51. The average molecular weight is 304 g/mol. The van der Waals surface area contributed by atoms with Gasteiger partial charge >= 0.3 is 0 Å². The highest BCUT2D eigenvalue weighted by Crippen LogP contribution is 2.66. The van der Waals surface area contributed by atoms with Gasteiger partial charge in [-0.2, -0.15) is 0 Å². The summed E-state index contributed by atoms with van der Waals surface area (Å²) < 4.78 is 0. The van der Waals surface area contributed by atoms with Crippen LogP contribution in [-0.2, 0) is 0 Å². The Morgan fingerprint density at radius 3 is 2.77 bits per heavy atom. The maximum Gasteiger partial charge on any atom is 0.0609 e. The Morgan fingerprint density at radius 2 is 2.00 bits per heavy atom. The third-order valence-electron chi connectivity index (χ3n) is 8.48. The fourth-order valence-corrected chi connectivity index (χ4v) is 7.21. The minimum absolute atomic E-state index is 0.121. The van der Waals surface area contributed by atoms with E-state index in [4.69, 9.17) is 0 Å².